The van der Waals surface area contributed by atoms with Gasteiger partial charge in [0.2, 0.25) is 17.7 Å². The molecule has 2 aliphatic heterocycles. The van der Waals surface area contributed by atoms with Crippen LogP contribution in [0, 0.1) is 11.3 Å². The number of anilines is 2. The Morgan fingerprint density at radius 1 is 0.962 bits per heavy atom. The average molecular weight is 707 g/mol. The number of fused-ring (bicyclic) bond motifs is 3. The number of amides is 4. The zero-order chi connectivity index (χ0) is 36.7. The third kappa shape index (κ3) is 7.42. The number of ether oxygens (including phenoxy) is 1. The fourth-order valence-electron chi connectivity index (χ4n) is 8.27. The van der Waals surface area contributed by atoms with E-state index < -0.39 is 22.5 Å². The van der Waals surface area contributed by atoms with Crippen molar-refractivity contribution < 1.29 is 23.9 Å². The molecule has 1 saturated heterocycles. The predicted octanol–water partition coefficient (Wildman–Crippen LogP) is 5.57. The number of carbonyl (C=O) groups is 4. The first kappa shape index (κ1) is 35.6. The van der Waals surface area contributed by atoms with Gasteiger partial charge in [-0.15, -0.1) is 0 Å². The number of nitrogens with zero attached hydrogens (tertiary/aromatic N) is 3. The van der Waals surface area contributed by atoms with Crippen molar-refractivity contribution in [2.24, 2.45) is 11.3 Å². The minimum Gasteiger partial charge on any atom is -0.444 e. The summed E-state index contributed by atoms with van der Waals surface area (Å²) in [5.74, 6) is 0.847. The summed E-state index contributed by atoms with van der Waals surface area (Å²) in [5, 5.41) is 9.45. The second-order valence-corrected chi connectivity index (χ2v) is 16.3. The Bertz CT molecular complexity index is 1880. The van der Waals surface area contributed by atoms with Crippen molar-refractivity contribution in [1.29, 1.82) is 0 Å². The number of benzene rings is 2. The molecule has 3 heterocycles. The van der Waals surface area contributed by atoms with Crippen LogP contribution in [0.15, 0.2) is 60.8 Å². The van der Waals surface area contributed by atoms with E-state index in [2.05, 4.69) is 20.9 Å². The van der Waals surface area contributed by atoms with Crippen molar-refractivity contribution in [3.63, 3.8) is 0 Å². The number of aromatic nitrogens is 1. The Morgan fingerprint density at radius 2 is 1.67 bits per heavy atom. The topological polar surface area (TPSA) is 133 Å². The molecule has 2 fully saturated rings. The number of nitrogens with one attached hydrogen (secondary N) is 3. The van der Waals surface area contributed by atoms with Gasteiger partial charge >= 0.3 is 6.09 Å². The first-order chi connectivity index (χ1) is 24.8. The molecule has 1 spiro atoms. The molecule has 1 aromatic heterocycles. The van der Waals surface area contributed by atoms with Crippen LogP contribution in [0.4, 0.5) is 16.3 Å². The van der Waals surface area contributed by atoms with E-state index >= 15 is 0 Å². The average Bonchev–Trinajstić information content (AvgIpc) is 3.77. The van der Waals surface area contributed by atoms with Gasteiger partial charge in [0.25, 0.3) is 0 Å². The summed E-state index contributed by atoms with van der Waals surface area (Å²) >= 11 is 0. The second kappa shape index (κ2) is 14.0. The van der Waals surface area contributed by atoms with Gasteiger partial charge in [-0.25, -0.2) is 9.78 Å². The minimum atomic E-state index is -0.701. The SMILES string of the molecule is CN(Cc1ccccc1CN(CC(=O)Nc1ccc2c(c1)C[C@@]1(C2)C(=O)Nc2ncccc21)C(=O)C1(CC2CC2)CCNCC1)C(=O)OC(C)(C)C. The lowest BCUT2D eigenvalue weighted by Gasteiger charge is -2.40. The lowest BCUT2D eigenvalue weighted by atomic mass is 9.73. The van der Waals surface area contributed by atoms with Crippen molar-refractivity contribution in [1.82, 2.24) is 20.1 Å². The van der Waals surface area contributed by atoms with Crippen LogP contribution in [-0.2, 0) is 50.5 Å². The van der Waals surface area contributed by atoms with Crippen LogP contribution in [0.5, 0.6) is 0 Å². The predicted molar refractivity (Wildman–Crippen MR) is 198 cm³/mol. The molecule has 1 saturated carbocycles. The molecule has 0 unspecified atom stereocenters. The second-order valence-electron chi connectivity index (χ2n) is 16.3. The summed E-state index contributed by atoms with van der Waals surface area (Å²) in [6.07, 6.45) is 6.96. The Balaban J connectivity index is 1.11. The smallest absolute Gasteiger partial charge is 0.410 e. The van der Waals surface area contributed by atoms with E-state index in [9.17, 15) is 19.2 Å². The molecule has 4 amide bonds. The number of pyridine rings is 1. The van der Waals surface area contributed by atoms with E-state index in [-0.39, 0.29) is 30.8 Å². The van der Waals surface area contributed by atoms with E-state index in [1.807, 2.05) is 75.4 Å². The standard InChI is InChI=1S/C41H50N6O5/c1-39(2,3)52-38(51)46(4)24-29-8-5-6-9-30(29)25-47(37(50)40(21-27-11-12-27)15-18-42-19-16-40)26-34(48)44-32-14-13-28-22-41(23-31(28)20-32)33-10-7-17-43-35(33)45-36(41)49/h5-10,13-14,17,20,27,42H,11-12,15-16,18-19,21-26H2,1-4H3,(H,44,48)(H,43,45,49)/t41-/m1/s1. The minimum absolute atomic E-state index is 0.0155. The van der Waals surface area contributed by atoms with Crippen molar-refractivity contribution >= 4 is 35.3 Å². The molecule has 4 aliphatic rings. The summed E-state index contributed by atoms with van der Waals surface area (Å²) in [6, 6.07) is 17.4. The highest BCUT2D eigenvalue weighted by Crippen LogP contribution is 2.48. The van der Waals surface area contributed by atoms with Crippen molar-refractivity contribution in [2.75, 3.05) is 37.3 Å². The molecule has 3 aromatic rings. The molecule has 2 aliphatic carbocycles. The first-order valence-corrected chi connectivity index (χ1v) is 18.5. The largest absolute Gasteiger partial charge is 0.444 e. The lowest BCUT2D eigenvalue weighted by molar-refractivity contribution is -0.147. The molecule has 0 radical (unpaired) electrons. The van der Waals surface area contributed by atoms with Crippen LogP contribution < -0.4 is 16.0 Å². The fraction of sp³-hybridized carbons (Fsp3) is 0.488. The van der Waals surface area contributed by atoms with Gasteiger partial charge in [0, 0.05) is 37.6 Å². The number of rotatable bonds is 10. The van der Waals surface area contributed by atoms with Crippen molar-refractivity contribution in [3.05, 3.63) is 88.6 Å². The summed E-state index contributed by atoms with van der Waals surface area (Å²) in [7, 11) is 1.70. The molecule has 11 nitrogen and oxygen atoms in total. The van der Waals surface area contributed by atoms with Crippen LogP contribution in [0.25, 0.3) is 0 Å². The quantitative estimate of drug-likeness (QED) is 0.251. The van der Waals surface area contributed by atoms with Crippen LogP contribution in [0.2, 0.25) is 0 Å². The summed E-state index contributed by atoms with van der Waals surface area (Å²) in [4.78, 5) is 62.4. The van der Waals surface area contributed by atoms with Gasteiger partial charge in [-0.2, -0.15) is 0 Å². The van der Waals surface area contributed by atoms with Crippen LogP contribution in [0.3, 0.4) is 0 Å². The zero-order valence-corrected chi connectivity index (χ0v) is 30.7. The molecule has 7 rings (SSSR count). The van der Waals surface area contributed by atoms with Crippen LogP contribution in [-0.4, -0.2) is 70.9 Å². The van der Waals surface area contributed by atoms with E-state index in [4.69, 9.17) is 4.74 Å². The molecule has 274 valence electrons. The number of hydrogen-bond acceptors (Lipinski definition) is 7. The van der Waals surface area contributed by atoms with Crippen LogP contribution >= 0.6 is 0 Å². The molecule has 11 heteroatoms. The summed E-state index contributed by atoms with van der Waals surface area (Å²) in [6.45, 7) is 7.47. The Kier molecular flexibility index (Phi) is 9.58. The number of piperidine rings is 1. The lowest BCUT2D eigenvalue weighted by Crippen LogP contribution is -2.51. The van der Waals surface area contributed by atoms with Gasteiger partial charge < -0.3 is 30.5 Å². The highest BCUT2D eigenvalue weighted by molar-refractivity contribution is 6.06. The third-order valence-electron chi connectivity index (χ3n) is 11.1. The number of carbonyl (C=O) groups excluding carboxylic acids is 4. The number of hydrogen-bond donors (Lipinski definition) is 3. The van der Waals surface area contributed by atoms with E-state index in [0.29, 0.717) is 36.8 Å². The zero-order valence-electron chi connectivity index (χ0n) is 30.7. The molecule has 2 aromatic carbocycles. The monoisotopic (exact) mass is 706 g/mol. The molecule has 3 N–H and O–H groups in total. The maximum Gasteiger partial charge on any atom is 0.410 e. The maximum atomic E-state index is 14.8. The molecule has 0 bridgehead atoms. The van der Waals surface area contributed by atoms with Gasteiger partial charge in [-0.05, 0) is 112 Å². The van der Waals surface area contributed by atoms with Gasteiger partial charge in [0.1, 0.15) is 18.0 Å². The summed E-state index contributed by atoms with van der Waals surface area (Å²) < 4.78 is 5.59. The molecular weight excluding hydrogens is 656 g/mol. The fourth-order valence-corrected chi connectivity index (χ4v) is 8.27. The highest BCUT2D eigenvalue weighted by Gasteiger charge is 2.51. The van der Waals surface area contributed by atoms with Gasteiger partial charge in [0.05, 0.1) is 10.8 Å². The van der Waals surface area contributed by atoms with Crippen molar-refractivity contribution in [3.8, 4) is 0 Å². The molecular formula is C41H50N6O5. The summed E-state index contributed by atoms with van der Waals surface area (Å²) in [5.41, 5.74) is 3.54. The van der Waals surface area contributed by atoms with Crippen molar-refractivity contribution in [2.45, 2.75) is 89.8 Å². The van der Waals surface area contributed by atoms with Gasteiger partial charge in [-0.1, -0.05) is 49.2 Å². The first-order valence-electron chi connectivity index (χ1n) is 18.5. The Labute approximate surface area is 305 Å². The molecule has 1 atom stereocenters. The Hall–Kier alpha value is -4.77. The molecule has 52 heavy (non-hydrogen) atoms. The van der Waals surface area contributed by atoms with E-state index in [1.54, 1.807) is 18.1 Å². The maximum absolute atomic E-state index is 14.8. The van der Waals surface area contributed by atoms with Gasteiger partial charge in [0.15, 0.2) is 0 Å². The van der Waals surface area contributed by atoms with E-state index in [1.165, 1.54) is 4.90 Å². The van der Waals surface area contributed by atoms with E-state index in [0.717, 1.165) is 73.0 Å². The highest BCUT2D eigenvalue weighted by atomic mass is 16.6. The third-order valence-corrected chi connectivity index (χ3v) is 11.1. The van der Waals surface area contributed by atoms with Crippen LogP contribution in [0.1, 0.15) is 80.7 Å². The van der Waals surface area contributed by atoms with Gasteiger partial charge in [-0.3, -0.25) is 14.4 Å². The normalized spacial score (nSPS) is 20.1. The Morgan fingerprint density at radius 3 is 2.38 bits per heavy atom.